The molecule has 0 atom stereocenters. The number of alkyl halides is 2. The molecule has 2 N–H and O–H groups in total. The lowest BCUT2D eigenvalue weighted by atomic mass is 10.2. The van der Waals surface area contributed by atoms with E-state index in [4.69, 9.17) is 16.3 Å². The van der Waals surface area contributed by atoms with E-state index < -0.39 is 6.61 Å². The largest absolute Gasteiger partial charge is 0.497 e. The Morgan fingerprint density at radius 1 is 1.12 bits per heavy atom. The molecule has 8 heteroatoms. The average Bonchev–Trinajstić information content (AvgIpc) is 2.64. The van der Waals surface area contributed by atoms with Gasteiger partial charge in [0.05, 0.1) is 7.11 Å². The first-order valence-corrected chi connectivity index (χ1v) is 8.20. The number of nitrogens with one attached hydrogen (secondary N) is 2. The molecule has 5 nitrogen and oxygen atoms in total. The lowest BCUT2D eigenvalue weighted by molar-refractivity contribution is -0.0504. The van der Waals surface area contributed by atoms with Gasteiger partial charge in [-0.2, -0.15) is 8.78 Å². The van der Waals surface area contributed by atoms with Crippen molar-refractivity contribution in [2.45, 2.75) is 19.7 Å². The predicted octanol–water partition coefficient (Wildman–Crippen LogP) is 3.82. The van der Waals surface area contributed by atoms with Crippen LogP contribution in [0.2, 0.25) is 5.02 Å². The van der Waals surface area contributed by atoms with Crippen LogP contribution in [0.25, 0.3) is 0 Å². The van der Waals surface area contributed by atoms with Gasteiger partial charge in [0.15, 0.2) is 5.96 Å². The van der Waals surface area contributed by atoms with Gasteiger partial charge < -0.3 is 20.1 Å². The Hall–Kier alpha value is -2.54. The number of hydrogen-bond acceptors (Lipinski definition) is 3. The number of methoxy groups -OCH3 is 1. The highest BCUT2D eigenvalue weighted by Gasteiger charge is 2.11. The van der Waals surface area contributed by atoms with Crippen molar-refractivity contribution < 1.29 is 18.3 Å². The lowest BCUT2D eigenvalue weighted by Crippen LogP contribution is -2.36. The van der Waals surface area contributed by atoms with E-state index in [-0.39, 0.29) is 12.3 Å². The number of halogens is 3. The van der Waals surface area contributed by atoms with Gasteiger partial charge in [-0.15, -0.1) is 0 Å². The summed E-state index contributed by atoms with van der Waals surface area (Å²) in [5, 5.41) is 6.63. The van der Waals surface area contributed by atoms with Gasteiger partial charge in [-0.25, -0.2) is 0 Å². The molecule has 26 heavy (non-hydrogen) atoms. The third-order valence-electron chi connectivity index (χ3n) is 3.53. The molecule has 0 saturated carbocycles. The fraction of sp³-hybridized carbons (Fsp3) is 0.278. The zero-order valence-electron chi connectivity index (χ0n) is 14.4. The van der Waals surface area contributed by atoms with Gasteiger partial charge in [0.25, 0.3) is 0 Å². The van der Waals surface area contributed by atoms with Crippen molar-refractivity contribution in [1.29, 1.82) is 0 Å². The topological polar surface area (TPSA) is 54.9 Å². The summed E-state index contributed by atoms with van der Waals surface area (Å²) >= 11 is 5.94. The predicted molar refractivity (Wildman–Crippen MR) is 98.1 cm³/mol. The zero-order chi connectivity index (χ0) is 18.9. The molecule has 0 aromatic heterocycles. The number of rotatable bonds is 7. The van der Waals surface area contributed by atoms with E-state index in [2.05, 4.69) is 20.4 Å². The number of hydrogen-bond donors (Lipinski definition) is 2. The molecule has 0 fully saturated rings. The second-order valence-corrected chi connectivity index (χ2v) is 5.69. The monoisotopic (exact) mass is 383 g/mol. The Labute approximate surface area is 156 Å². The van der Waals surface area contributed by atoms with Crippen LogP contribution < -0.4 is 20.1 Å². The Kier molecular flexibility index (Phi) is 7.47. The van der Waals surface area contributed by atoms with Crippen molar-refractivity contribution in [1.82, 2.24) is 10.6 Å². The highest BCUT2D eigenvalue weighted by Crippen LogP contribution is 2.24. The van der Waals surface area contributed by atoms with Crippen LogP contribution in [-0.4, -0.2) is 26.7 Å². The second kappa shape index (κ2) is 9.82. The molecule has 2 aromatic carbocycles. The summed E-state index contributed by atoms with van der Waals surface area (Å²) in [4.78, 5) is 4.11. The molecule has 0 aliphatic carbocycles. The van der Waals surface area contributed by atoms with E-state index in [1.54, 1.807) is 20.2 Å². The summed E-state index contributed by atoms with van der Waals surface area (Å²) < 4.78 is 34.6. The minimum Gasteiger partial charge on any atom is -0.497 e. The van der Waals surface area contributed by atoms with Gasteiger partial charge in [-0.3, -0.25) is 4.99 Å². The minimum absolute atomic E-state index is 0.0718. The summed E-state index contributed by atoms with van der Waals surface area (Å²) in [6.45, 7) is -2.13. The molecule has 0 aliphatic heterocycles. The maximum atomic E-state index is 12.5. The van der Waals surface area contributed by atoms with Crippen LogP contribution in [0.3, 0.4) is 0 Å². The van der Waals surface area contributed by atoms with E-state index in [1.807, 2.05) is 24.3 Å². The van der Waals surface area contributed by atoms with Gasteiger partial charge in [0, 0.05) is 30.7 Å². The highest BCUT2D eigenvalue weighted by molar-refractivity contribution is 6.30. The smallest absolute Gasteiger partial charge is 0.387 e. The van der Waals surface area contributed by atoms with Gasteiger partial charge >= 0.3 is 6.61 Å². The first kappa shape index (κ1) is 19.8. The number of nitrogens with zero attached hydrogens (tertiary/aromatic N) is 1. The maximum absolute atomic E-state index is 12.5. The maximum Gasteiger partial charge on any atom is 0.387 e. The van der Waals surface area contributed by atoms with Crippen molar-refractivity contribution in [2.24, 2.45) is 4.99 Å². The van der Waals surface area contributed by atoms with Crippen LogP contribution in [0, 0.1) is 0 Å². The zero-order valence-corrected chi connectivity index (χ0v) is 15.2. The van der Waals surface area contributed by atoms with Crippen molar-refractivity contribution in [3.63, 3.8) is 0 Å². The fourth-order valence-corrected chi connectivity index (χ4v) is 2.42. The summed E-state index contributed by atoms with van der Waals surface area (Å²) in [7, 11) is 3.23. The molecular formula is C18H20ClF2N3O2. The third kappa shape index (κ3) is 6.07. The highest BCUT2D eigenvalue weighted by atomic mass is 35.5. The van der Waals surface area contributed by atoms with Gasteiger partial charge in [-0.05, 0) is 35.9 Å². The summed E-state index contributed by atoms with van der Waals surface area (Å²) in [5.41, 5.74) is 1.54. The van der Waals surface area contributed by atoms with Crippen LogP contribution >= 0.6 is 11.6 Å². The number of aliphatic imine (C=N–C) groups is 1. The number of benzene rings is 2. The standard InChI is InChI=1S/C18H20ClF2N3O2/c1-22-18(23-10-12-3-6-15(25-2)7-4-12)24-11-13-9-14(19)5-8-16(13)26-17(20)21/h3-9,17H,10-11H2,1-2H3,(H2,22,23,24). The van der Waals surface area contributed by atoms with Gasteiger partial charge in [0.2, 0.25) is 0 Å². The van der Waals surface area contributed by atoms with E-state index in [9.17, 15) is 8.78 Å². The Morgan fingerprint density at radius 2 is 1.81 bits per heavy atom. The molecule has 0 bridgehead atoms. The molecule has 2 rings (SSSR count). The molecule has 2 aromatic rings. The molecule has 140 valence electrons. The minimum atomic E-state index is -2.90. The summed E-state index contributed by atoms with van der Waals surface area (Å²) in [6.07, 6.45) is 0. The quantitative estimate of drug-likeness (QED) is 0.564. The average molecular weight is 384 g/mol. The number of guanidine groups is 1. The SMILES string of the molecule is CN=C(NCc1ccc(OC)cc1)NCc1cc(Cl)ccc1OC(F)F. The van der Waals surface area contributed by atoms with E-state index in [1.165, 1.54) is 12.1 Å². The van der Waals surface area contributed by atoms with E-state index in [0.29, 0.717) is 23.1 Å². The number of ether oxygens (including phenoxy) is 2. The second-order valence-electron chi connectivity index (χ2n) is 5.26. The Balaban J connectivity index is 1.95. The van der Waals surface area contributed by atoms with E-state index in [0.717, 1.165) is 11.3 Å². The third-order valence-corrected chi connectivity index (χ3v) is 3.76. The van der Waals surface area contributed by atoms with Crippen molar-refractivity contribution >= 4 is 17.6 Å². The molecule has 0 spiro atoms. The van der Waals surface area contributed by atoms with Crippen LogP contribution in [0.1, 0.15) is 11.1 Å². The lowest BCUT2D eigenvalue weighted by Gasteiger charge is -2.15. The Morgan fingerprint density at radius 3 is 2.42 bits per heavy atom. The molecule has 0 aliphatic rings. The van der Waals surface area contributed by atoms with Crippen molar-refractivity contribution in [3.8, 4) is 11.5 Å². The van der Waals surface area contributed by atoms with Crippen molar-refractivity contribution in [2.75, 3.05) is 14.2 Å². The van der Waals surface area contributed by atoms with Gasteiger partial charge in [0.1, 0.15) is 11.5 Å². The molecule has 0 saturated heterocycles. The molecular weight excluding hydrogens is 364 g/mol. The summed E-state index contributed by atoms with van der Waals surface area (Å²) in [6, 6.07) is 12.1. The molecule has 0 amide bonds. The molecule has 0 unspecified atom stereocenters. The van der Waals surface area contributed by atoms with Gasteiger partial charge in [-0.1, -0.05) is 23.7 Å². The van der Waals surface area contributed by atoms with Crippen LogP contribution in [0.15, 0.2) is 47.5 Å². The fourth-order valence-electron chi connectivity index (χ4n) is 2.23. The normalized spacial score (nSPS) is 11.4. The first-order valence-electron chi connectivity index (χ1n) is 7.82. The Bertz CT molecular complexity index is 740. The molecule has 0 radical (unpaired) electrons. The molecule has 0 heterocycles. The first-order chi connectivity index (χ1) is 12.5. The van der Waals surface area contributed by atoms with E-state index >= 15 is 0 Å². The summed E-state index contributed by atoms with van der Waals surface area (Å²) in [5.74, 6) is 1.37. The van der Waals surface area contributed by atoms with Crippen LogP contribution in [-0.2, 0) is 13.1 Å². The van der Waals surface area contributed by atoms with Crippen molar-refractivity contribution in [3.05, 3.63) is 58.6 Å². The van der Waals surface area contributed by atoms with Crippen LogP contribution in [0.5, 0.6) is 11.5 Å². The van der Waals surface area contributed by atoms with Crippen LogP contribution in [0.4, 0.5) is 8.78 Å².